The summed E-state index contributed by atoms with van der Waals surface area (Å²) >= 11 is 12.5. The molecule has 3 aromatic rings. The van der Waals surface area contributed by atoms with Crippen LogP contribution in [0.25, 0.3) is 0 Å². The molecule has 0 spiro atoms. The van der Waals surface area contributed by atoms with E-state index in [4.69, 9.17) is 27.7 Å². The molecule has 1 saturated carbocycles. The zero-order valence-electron chi connectivity index (χ0n) is 21.1. The molecular weight excluding hydrogens is 548 g/mol. The van der Waals surface area contributed by atoms with Crippen molar-refractivity contribution < 1.29 is 18.7 Å². The lowest BCUT2D eigenvalue weighted by atomic mass is 9.95. The van der Waals surface area contributed by atoms with E-state index in [1.807, 2.05) is 19.9 Å². The van der Waals surface area contributed by atoms with Gasteiger partial charge in [0.1, 0.15) is 5.75 Å². The van der Waals surface area contributed by atoms with Gasteiger partial charge in [-0.25, -0.2) is 9.65 Å². The summed E-state index contributed by atoms with van der Waals surface area (Å²) in [5.74, 6) is -0.782. The normalized spacial score (nSPS) is 15.6. The van der Waals surface area contributed by atoms with Gasteiger partial charge in [-0.3, -0.25) is 9.59 Å². The summed E-state index contributed by atoms with van der Waals surface area (Å²) in [5.41, 5.74) is -0.0115. The van der Waals surface area contributed by atoms with Gasteiger partial charge in [0.2, 0.25) is 0 Å². The molecule has 38 heavy (non-hydrogen) atoms. The van der Waals surface area contributed by atoms with Crippen molar-refractivity contribution >= 4 is 48.4 Å². The molecule has 1 aromatic heterocycles. The second-order valence-corrected chi connectivity index (χ2v) is 12.1. The lowest BCUT2D eigenvalue weighted by molar-refractivity contribution is 0.0923. The Morgan fingerprint density at radius 3 is 2.29 bits per heavy atom. The van der Waals surface area contributed by atoms with Crippen molar-refractivity contribution in [2.24, 2.45) is 0 Å². The van der Waals surface area contributed by atoms with Gasteiger partial charge in [0.15, 0.2) is 5.69 Å². The number of amides is 2. The molecule has 0 bridgehead atoms. The third kappa shape index (κ3) is 6.77. The molecule has 1 heterocycles. The molecule has 0 radical (unpaired) electrons. The molecule has 4 rings (SSSR count). The van der Waals surface area contributed by atoms with Crippen molar-refractivity contribution in [3.05, 3.63) is 76.0 Å². The number of nitrogens with one attached hydrogen (secondary N) is 3. The van der Waals surface area contributed by atoms with E-state index in [9.17, 15) is 14.2 Å². The van der Waals surface area contributed by atoms with Crippen LogP contribution in [0.4, 0.5) is 5.69 Å². The van der Waals surface area contributed by atoms with Crippen molar-refractivity contribution in [2.45, 2.75) is 58.0 Å². The van der Waals surface area contributed by atoms with E-state index >= 15 is 0 Å². The number of para-hydroxylation sites is 1. The van der Waals surface area contributed by atoms with Crippen LogP contribution in [0.15, 0.2) is 54.7 Å². The lowest BCUT2D eigenvalue weighted by Gasteiger charge is -2.23. The highest BCUT2D eigenvalue weighted by molar-refractivity contribution is 7.55. The minimum Gasteiger partial charge on any atom is -0.417 e. The summed E-state index contributed by atoms with van der Waals surface area (Å²) in [4.78, 5) is 26.5. The number of anilines is 1. The molecule has 0 aliphatic heterocycles. The maximum atomic E-state index is 14.1. The highest BCUT2D eigenvalue weighted by atomic mass is 35.5. The average Bonchev–Trinajstić information content (AvgIpc) is 3.29. The maximum absolute atomic E-state index is 14.1. The molecule has 1 aliphatic carbocycles. The molecule has 202 valence electrons. The van der Waals surface area contributed by atoms with Gasteiger partial charge in [-0.2, -0.15) is 9.55 Å². The molecular formula is C26H30Cl2N5O4P. The van der Waals surface area contributed by atoms with Crippen LogP contribution in [0.5, 0.6) is 5.75 Å². The first kappa shape index (κ1) is 28.2. The Morgan fingerprint density at radius 2 is 1.66 bits per heavy atom. The highest BCUT2D eigenvalue weighted by Gasteiger charge is 2.33. The summed E-state index contributed by atoms with van der Waals surface area (Å²) in [7, 11) is -3.90. The van der Waals surface area contributed by atoms with Gasteiger partial charge >= 0.3 is 7.67 Å². The van der Waals surface area contributed by atoms with Gasteiger partial charge in [0.05, 0.1) is 27.5 Å². The van der Waals surface area contributed by atoms with Crippen molar-refractivity contribution in [3.8, 4) is 5.75 Å². The second-order valence-electron chi connectivity index (χ2n) is 9.38. The minimum absolute atomic E-state index is 0.0101. The van der Waals surface area contributed by atoms with Gasteiger partial charge in [-0.1, -0.05) is 66.7 Å². The third-order valence-electron chi connectivity index (χ3n) is 5.96. The van der Waals surface area contributed by atoms with Crippen LogP contribution in [-0.2, 0) is 4.57 Å². The maximum Gasteiger partial charge on any atom is 0.439 e. The van der Waals surface area contributed by atoms with E-state index in [0.717, 1.165) is 36.6 Å². The number of rotatable bonds is 9. The number of carbonyl (C=O) groups excluding carboxylic acids is 2. The van der Waals surface area contributed by atoms with E-state index in [1.54, 1.807) is 30.3 Å². The number of aromatic nitrogens is 2. The molecule has 9 nitrogen and oxygen atoms in total. The van der Waals surface area contributed by atoms with Crippen LogP contribution in [0, 0.1) is 0 Å². The Hall–Kier alpha value is -2.84. The van der Waals surface area contributed by atoms with Crippen molar-refractivity contribution in [1.29, 1.82) is 0 Å². The van der Waals surface area contributed by atoms with Crippen LogP contribution in [0.1, 0.15) is 66.8 Å². The van der Waals surface area contributed by atoms with Crippen LogP contribution in [0.3, 0.4) is 0 Å². The SMILES string of the molecule is CC(C)NP(=O)(Oc1ccccc1)n1cc(NC(=O)c2c(Cl)cccc2Cl)c(C(=O)NC2CCCCC2)n1. The molecule has 1 unspecified atom stereocenters. The van der Waals surface area contributed by atoms with Crippen LogP contribution < -0.4 is 20.2 Å². The minimum atomic E-state index is -3.90. The first-order valence-electron chi connectivity index (χ1n) is 12.5. The van der Waals surface area contributed by atoms with Gasteiger partial charge < -0.3 is 15.2 Å². The summed E-state index contributed by atoms with van der Waals surface area (Å²) in [6, 6.07) is 13.1. The first-order chi connectivity index (χ1) is 18.2. The van der Waals surface area contributed by atoms with E-state index in [2.05, 4.69) is 20.8 Å². The van der Waals surface area contributed by atoms with Crippen LogP contribution >= 0.6 is 30.9 Å². The molecule has 2 aromatic carbocycles. The molecule has 1 atom stereocenters. The third-order valence-corrected chi connectivity index (χ3v) is 8.63. The number of benzene rings is 2. The average molecular weight is 578 g/mol. The van der Waals surface area contributed by atoms with E-state index in [1.165, 1.54) is 18.3 Å². The Labute approximate surface area is 231 Å². The second kappa shape index (κ2) is 12.3. The predicted octanol–water partition coefficient (Wildman–Crippen LogP) is 6.54. The monoisotopic (exact) mass is 577 g/mol. The zero-order valence-corrected chi connectivity index (χ0v) is 23.5. The van der Waals surface area contributed by atoms with E-state index in [0.29, 0.717) is 5.75 Å². The molecule has 1 fully saturated rings. The van der Waals surface area contributed by atoms with Crippen molar-refractivity contribution in [2.75, 3.05) is 5.32 Å². The Morgan fingerprint density at radius 1 is 1.00 bits per heavy atom. The molecule has 0 saturated heterocycles. The number of nitrogens with zero attached hydrogens (tertiary/aromatic N) is 2. The number of hydrogen-bond acceptors (Lipinski definition) is 5. The smallest absolute Gasteiger partial charge is 0.417 e. The first-order valence-corrected chi connectivity index (χ1v) is 14.8. The summed E-state index contributed by atoms with van der Waals surface area (Å²) in [6.07, 6.45) is 6.19. The molecule has 2 amide bonds. The van der Waals surface area contributed by atoms with Crippen LogP contribution in [0.2, 0.25) is 10.0 Å². The zero-order chi connectivity index (χ0) is 27.3. The summed E-state index contributed by atoms with van der Waals surface area (Å²) < 4.78 is 21.1. The topological polar surface area (TPSA) is 114 Å². The predicted molar refractivity (Wildman–Crippen MR) is 149 cm³/mol. The standard InChI is InChI=1S/C26H30Cl2N5O4P/c1-17(2)32-38(36,37-19-12-7-4-8-13-19)33-16-22(30-25(34)23-20(27)14-9-15-21(23)28)24(31-33)26(35)29-18-10-5-3-6-11-18/h4,7-9,12-18H,3,5-6,10-11H2,1-2H3,(H,29,35)(H,30,34)(H,32,36). The van der Waals surface area contributed by atoms with Gasteiger partial charge in [0.25, 0.3) is 11.8 Å². The Kier molecular flexibility index (Phi) is 9.15. The lowest BCUT2D eigenvalue weighted by Crippen LogP contribution is -2.37. The highest BCUT2D eigenvalue weighted by Crippen LogP contribution is 2.45. The molecule has 12 heteroatoms. The summed E-state index contributed by atoms with van der Waals surface area (Å²) in [6.45, 7) is 3.62. The van der Waals surface area contributed by atoms with Gasteiger partial charge in [-0.15, -0.1) is 0 Å². The van der Waals surface area contributed by atoms with Gasteiger partial charge in [-0.05, 0) is 51.0 Å². The van der Waals surface area contributed by atoms with E-state index in [-0.39, 0.29) is 39.1 Å². The fraction of sp³-hybridized carbons (Fsp3) is 0.346. The number of halogens is 2. The number of carbonyl (C=O) groups is 2. The largest absolute Gasteiger partial charge is 0.439 e. The fourth-order valence-corrected chi connectivity index (χ4v) is 6.59. The van der Waals surface area contributed by atoms with Crippen LogP contribution in [-0.4, -0.2) is 33.4 Å². The van der Waals surface area contributed by atoms with Crippen molar-refractivity contribution in [1.82, 2.24) is 20.0 Å². The fourth-order valence-electron chi connectivity index (χ4n) is 4.23. The Balaban J connectivity index is 1.73. The quantitative estimate of drug-likeness (QED) is 0.249. The van der Waals surface area contributed by atoms with Crippen molar-refractivity contribution in [3.63, 3.8) is 0 Å². The van der Waals surface area contributed by atoms with E-state index < -0.39 is 19.5 Å². The molecule has 3 N–H and O–H groups in total. The Bertz CT molecular complexity index is 1320. The van der Waals surface area contributed by atoms with Gasteiger partial charge in [0, 0.05) is 12.1 Å². The summed E-state index contributed by atoms with van der Waals surface area (Å²) in [5, 5.41) is 13.3. The molecule has 1 aliphatic rings. The number of hydrogen-bond donors (Lipinski definition) is 3.